The second kappa shape index (κ2) is 5.57. The number of benzene rings is 1. The normalized spacial score (nSPS) is 12.4. The van der Waals surface area contributed by atoms with E-state index in [9.17, 15) is 0 Å². The first-order valence-corrected chi connectivity index (χ1v) is 6.23. The van der Waals surface area contributed by atoms with Gasteiger partial charge in [-0.25, -0.2) is 4.98 Å². The summed E-state index contributed by atoms with van der Waals surface area (Å²) in [4.78, 5) is 4.00. The lowest BCUT2D eigenvalue weighted by Gasteiger charge is -2.14. The number of aromatic nitrogens is 1. The van der Waals surface area contributed by atoms with Crippen LogP contribution in [0, 0.1) is 0 Å². The zero-order valence-corrected chi connectivity index (χ0v) is 11.1. The van der Waals surface area contributed by atoms with Crippen LogP contribution in [0.5, 0.6) is 0 Å². The van der Waals surface area contributed by atoms with Crippen LogP contribution >= 0.6 is 23.2 Å². The van der Waals surface area contributed by atoms with E-state index in [1.807, 2.05) is 24.3 Å². The lowest BCUT2D eigenvalue weighted by Crippen LogP contribution is -2.16. The molecule has 5 heteroatoms. The fourth-order valence-electron chi connectivity index (χ4n) is 1.75. The van der Waals surface area contributed by atoms with Gasteiger partial charge in [0, 0.05) is 22.8 Å². The first-order valence-electron chi connectivity index (χ1n) is 5.47. The zero-order valence-electron chi connectivity index (χ0n) is 9.61. The summed E-state index contributed by atoms with van der Waals surface area (Å²) in [5.74, 6) is 0.417. The van der Waals surface area contributed by atoms with Crippen molar-refractivity contribution in [2.45, 2.75) is 12.5 Å². The molecule has 94 valence electrons. The number of hydrogen-bond acceptors (Lipinski definition) is 3. The molecule has 0 saturated heterocycles. The standard InChI is InChI=1S/C13H13Cl2N3/c14-9-3-1-8(2-4-9)5-12(16)11-6-10(15)7-18-13(11)17/h1-4,6-7,12H,5,16H2,(H2,17,18). The van der Waals surface area contributed by atoms with E-state index in [1.165, 1.54) is 6.20 Å². The Morgan fingerprint density at radius 3 is 2.44 bits per heavy atom. The first-order chi connectivity index (χ1) is 8.56. The Kier molecular flexibility index (Phi) is 4.07. The van der Waals surface area contributed by atoms with Crippen molar-refractivity contribution in [3.8, 4) is 0 Å². The molecule has 4 N–H and O–H groups in total. The van der Waals surface area contributed by atoms with Gasteiger partial charge in [-0.3, -0.25) is 0 Å². The quantitative estimate of drug-likeness (QED) is 0.908. The van der Waals surface area contributed by atoms with Gasteiger partial charge < -0.3 is 11.5 Å². The molecule has 0 spiro atoms. The van der Waals surface area contributed by atoms with E-state index in [2.05, 4.69) is 4.98 Å². The van der Waals surface area contributed by atoms with Gasteiger partial charge in [0.15, 0.2) is 0 Å². The molecule has 1 aromatic heterocycles. The molecular weight excluding hydrogens is 269 g/mol. The average molecular weight is 282 g/mol. The summed E-state index contributed by atoms with van der Waals surface area (Å²) in [7, 11) is 0. The van der Waals surface area contributed by atoms with Gasteiger partial charge in [-0.15, -0.1) is 0 Å². The summed E-state index contributed by atoms with van der Waals surface area (Å²) >= 11 is 11.7. The third-order valence-corrected chi connectivity index (χ3v) is 3.14. The maximum absolute atomic E-state index is 6.12. The summed E-state index contributed by atoms with van der Waals surface area (Å²) in [6.45, 7) is 0. The molecule has 0 saturated carbocycles. The molecule has 1 unspecified atom stereocenters. The Labute approximate surface area is 116 Å². The molecule has 2 aromatic rings. The number of nitrogens with zero attached hydrogens (tertiary/aromatic N) is 1. The molecule has 3 nitrogen and oxygen atoms in total. The third kappa shape index (κ3) is 3.13. The fourth-order valence-corrected chi connectivity index (χ4v) is 2.04. The first kappa shape index (κ1) is 13.1. The van der Waals surface area contributed by atoms with E-state index in [-0.39, 0.29) is 6.04 Å². The predicted octanol–water partition coefficient (Wildman–Crippen LogP) is 3.21. The Balaban J connectivity index is 2.18. The van der Waals surface area contributed by atoms with Crippen LogP contribution in [0.25, 0.3) is 0 Å². The van der Waals surface area contributed by atoms with Crippen molar-refractivity contribution in [3.63, 3.8) is 0 Å². The van der Waals surface area contributed by atoms with Crippen molar-refractivity contribution in [2.75, 3.05) is 5.73 Å². The predicted molar refractivity (Wildman–Crippen MR) is 75.7 cm³/mol. The SMILES string of the molecule is Nc1ncc(Cl)cc1C(N)Cc1ccc(Cl)cc1. The summed E-state index contributed by atoms with van der Waals surface area (Å²) in [6.07, 6.45) is 2.17. The maximum Gasteiger partial charge on any atom is 0.128 e. The summed E-state index contributed by atoms with van der Waals surface area (Å²) in [5.41, 5.74) is 13.8. The highest BCUT2D eigenvalue weighted by atomic mass is 35.5. The number of pyridine rings is 1. The number of nitrogen functional groups attached to an aromatic ring is 1. The van der Waals surface area contributed by atoms with Gasteiger partial charge in [0.05, 0.1) is 5.02 Å². The van der Waals surface area contributed by atoms with Crippen molar-refractivity contribution >= 4 is 29.0 Å². The molecule has 0 aliphatic rings. The van der Waals surface area contributed by atoms with Gasteiger partial charge in [-0.1, -0.05) is 35.3 Å². The minimum atomic E-state index is -0.239. The number of hydrogen-bond donors (Lipinski definition) is 2. The third-order valence-electron chi connectivity index (χ3n) is 2.68. The average Bonchev–Trinajstić information content (AvgIpc) is 2.35. The summed E-state index contributed by atoms with van der Waals surface area (Å²) < 4.78 is 0. The van der Waals surface area contributed by atoms with Crippen molar-refractivity contribution in [1.82, 2.24) is 4.98 Å². The van der Waals surface area contributed by atoms with E-state index >= 15 is 0 Å². The topological polar surface area (TPSA) is 64.9 Å². The molecule has 1 aromatic carbocycles. The van der Waals surface area contributed by atoms with Crippen LogP contribution in [0.15, 0.2) is 36.5 Å². The number of anilines is 1. The lowest BCUT2D eigenvalue weighted by atomic mass is 10.0. The van der Waals surface area contributed by atoms with Crippen LogP contribution in [0.4, 0.5) is 5.82 Å². The van der Waals surface area contributed by atoms with Gasteiger partial charge in [-0.05, 0) is 30.2 Å². The van der Waals surface area contributed by atoms with Crippen molar-refractivity contribution in [1.29, 1.82) is 0 Å². The fraction of sp³-hybridized carbons (Fsp3) is 0.154. The highest BCUT2D eigenvalue weighted by Crippen LogP contribution is 2.23. The molecule has 1 heterocycles. The minimum Gasteiger partial charge on any atom is -0.383 e. The second-order valence-corrected chi connectivity index (χ2v) is 4.94. The van der Waals surface area contributed by atoms with Gasteiger partial charge in [0.25, 0.3) is 0 Å². The van der Waals surface area contributed by atoms with Crippen LogP contribution in [-0.4, -0.2) is 4.98 Å². The molecule has 18 heavy (non-hydrogen) atoms. The van der Waals surface area contributed by atoms with Crippen molar-refractivity contribution in [3.05, 3.63) is 57.7 Å². The van der Waals surface area contributed by atoms with E-state index < -0.39 is 0 Å². The molecule has 2 rings (SSSR count). The molecule has 0 aliphatic carbocycles. The van der Waals surface area contributed by atoms with Crippen molar-refractivity contribution < 1.29 is 0 Å². The molecule has 0 fully saturated rings. The molecule has 0 bridgehead atoms. The van der Waals surface area contributed by atoms with Crippen LogP contribution in [0.3, 0.4) is 0 Å². The van der Waals surface area contributed by atoms with E-state index in [0.717, 1.165) is 11.1 Å². The van der Waals surface area contributed by atoms with Gasteiger partial charge in [0.1, 0.15) is 5.82 Å². The van der Waals surface area contributed by atoms with Gasteiger partial charge in [-0.2, -0.15) is 0 Å². The smallest absolute Gasteiger partial charge is 0.128 e. The summed E-state index contributed by atoms with van der Waals surface area (Å²) in [5, 5.41) is 1.24. The van der Waals surface area contributed by atoms with Crippen molar-refractivity contribution in [2.24, 2.45) is 5.73 Å². The maximum atomic E-state index is 6.12. The number of halogens is 2. The monoisotopic (exact) mass is 281 g/mol. The minimum absolute atomic E-state index is 0.239. The zero-order chi connectivity index (χ0) is 13.1. The number of rotatable bonds is 3. The Morgan fingerprint density at radius 1 is 1.11 bits per heavy atom. The van der Waals surface area contributed by atoms with E-state index in [1.54, 1.807) is 6.07 Å². The molecule has 1 atom stereocenters. The summed E-state index contributed by atoms with van der Waals surface area (Å²) in [6, 6.07) is 9.07. The second-order valence-electron chi connectivity index (χ2n) is 4.07. The van der Waals surface area contributed by atoms with E-state index in [0.29, 0.717) is 22.3 Å². The van der Waals surface area contributed by atoms with Gasteiger partial charge >= 0.3 is 0 Å². The molecule has 0 radical (unpaired) electrons. The van der Waals surface area contributed by atoms with Crippen LogP contribution in [0.1, 0.15) is 17.2 Å². The molecule has 0 amide bonds. The Hall–Kier alpha value is -1.29. The Bertz CT molecular complexity index is 540. The Morgan fingerprint density at radius 2 is 1.78 bits per heavy atom. The number of nitrogens with two attached hydrogens (primary N) is 2. The highest BCUT2D eigenvalue weighted by Gasteiger charge is 2.12. The molecular formula is C13H13Cl2N3. The highest BCUT2D eigenvalue weighted by molar-refractivity contribution is 6.30. The molecule has 0 aliphatic heterocycles. The van der Waals surface area contributed by atoms with Crippen LogP contribution in [-0.2, 0) is 6.42 Å². The van der Waals surface area contributed by atoms with Crippen LogP contribution < -0.4 is 11.5 Å². The lowest BCUT2D eigenvalue weighted by molar-refractivity contribution is 0.721. The largest absolute Gasteiger partial charge is 0.383 e. The van der Waals surface area contributed by atoms with Crippen LogP contribution in [0.2, 0.25) is 10.0 Å². The van der Waals surface area contributed by atoms with Gasteiger partial charge in [0.2, 0.25) is 0 Å². The van der Waals surface area contributed by atoms with E-state index in [4.69, 9.17) is 34.7 Å².